The quantitative estimate of drug-likeness (QED) is 0.316. The van der Waals surface area contributed by atoms with Gasteiger partial charge in [-0.3, -0.25) is 4.90 Å². The molecule has 0 spiro atoms. The maximum Gasteiger partial charge on any atom is 0.146 e. The van der Waals surface area contributed by atoms with Crippen LogP contribution in [-0.2, 0) is 12.8 Å². The molecule has 206 valence electrons. The molecule has 1 saturated heterocycles. The highest BCUT2D eigenvalue weighted by Gasteiger charge is 2.30. The summed E-state index contributed by atoms with van der Waals surface area (Å²) >= 11 is 0. The molecule has 0 radical (unpaired) electrons. The van der Waals surface area contributed by atoms with Crippen molar-refractivity contribution in [1.29, 1.82) is 0 Å². The van der Waals surface area contributed by atoms with Gasteiger partial charge in [-0.05, 0) is 62.4 Å². The number of anilines is 1. The first-order valence-electron chi connectivity index (χ1n) is 14.7. The zero-order chi connectivity index (χ0) is 27.1. The van der Waals surface area contributed by atoms with Gasteiger partial charge in [0.15, 0.2) is 0 Å². The van der Waals surface area contributed by atoms with Gasteiger partial charge in [-0.2, -0.15) is 0 Å². The molecular weight excluding hydrogens is 496 g/mol. The van der Waals surface area contributed by atoms with Crippen LogP contribution in [0.15, 0.2) is 61.1 Å². The number of piperazine rings is 1. The summed E-state index contributed by atoms with van der Waals surface area (Å²) in [4.78, 5) is 22.7. The number of nitrogens with zero attached hydrogens (tertiary/aromatic N) is 6. The normalized spacial score (nSPS) is 20.9. The SMILES string of the molecule is CN1CCN(C2CCC(n3cc(-c4ccc5nc(CCc6ccccc6)[nH]c5c4)c4c(N)ncnc43)CC2)CC1. The first-order valence-corrected chi connectivity index (χ1v) is 14.7. The Hall–Kier alpha value is -3.75. The average molecular weight is 535 g/mol. The highest BCUT2D eigenvalue weighted by Crippen LogP contribution is 2.39. The van der Waals surface area contributed by atoms with E-state index in [9.17, 15) is 0 Å². The second-order valence-electron chi connectivity index (χ2n) is 11.6. The van der Waals surface area contributed by atoms with Crippen molar-refractivity contribution < 1.29 is 0 Å². The fourth-order valence-electron chi connectivity index (χ4n) is 6.75. The number of rotatable bonds is 6. The molecule has 2 aromatic carbocycles. The third-order valence-electron chi connectivity index (χ3n) is 9.09. The Bertz CT molecular complexity index is 1600. The second-order valence-corrected chi connectivity index (χ2v) is 11.6. The van der Waals surface area contributed by atoms with E-state index in [0.717, 1.165) is 64.7 Å². The zero-order valence-electron chi connectivity index (χ0n) is 23.3. The molecule has 8 nitrogen and oxygen atoms in total. The molecule has 1 aliphatic heterocycles. The fourth-order valence-corrected chi connectivity index (χ4v) is 6.75. The minimum atomic E-state index is 0.426. The predicted octanol–water partition coefficient (Wildman–Crippen LogP) is 5.07. The molecule has 2 fully saturated rings. The number of likely N-dealkylation sites (N-methyl/N-ethyl adjacent to an activating group) is 1. The first-order chi connectivity index (χ1) is 19.6. The lowest BCUT2D eigenvalue weighted by Crippen LogP contribution is -2.49. The van der Waals surface area contributed by atoms with Crippen molar-refractivity contribution in [2.75, 3.05) is 39.0 Å². The lowest BCUT2D eigenvalue weighted by molar-refractivity contribution is 0.0828. The summed E-state index contributed by atoms with van der Waals surface area (Å²) in [5, 5.41) is 0.951. The minimum absolute atomic E-state index is 0.426. The number of nitrogens with two attached hydrogens (primary N) is 1. The number of hydrogen-bond acceptors (Lipinski definition) is 6. The van der Waals surface area contributed by atoms with Crippen molar-refractivity contribution in [3.8, 4) is 11.1 Å². The van der Waals surface area contributed by atoms with Gasteiger partial charge in [0, 0.05) is 56.4 Å². The number of fused-ring (bicyclic) bond motifs is 2. The van der Waals surface area contributed by atoms with Gasteiger partial charge in [-0.1, -0.05) is 36.4 Å². The summed E-state index contributed by atoms with van der Waals surface area (Å²) < 4.78 is 2.38. The maximum atomic E-state index is 6.48. The van der Waals surface area contributed by atoms with E-state index in [1.165, 1.54) is 44.6 Å². The van der Waals surface area contributed by atoms with Crippen molar-refractivity contribution >= 4 is 27.9 Å². The predicted molar refractivity (Wildman–Crippen MR) is 161 cm³/mol. The van der Waals surface area contributed by atoms with Crippen molar-refractivity contribution in [3.05, 3.63) is 72.4 Å². The van der Waals surface area contributed by atoms with Gasteiger partial charge in [-0.15, -0.1) is 0 Å². The molecule has 0 atom stereocenters. The summed E-state index contributed by atoms with van der Waals surface area (Å²) in [7, 11) is 2.23. The van der Waals surface area contributed by atoms with Crippen LogP contribution in [-0.4, -0.2) is 73.6 Å². The number of aromatic amines is 1. The molecule has 8 heteroatoms. The molecule has 1 saturated carbocycles. The Kier molecular flexibility index (Phi) is 6.73. The van der Waals surface area contributed by atoms with Crippen LogP contribution in [0.4, 0.5) is 5.82 Å². The summed E-state index contributed by atoms with van der Waals surface area (Å²) in [6, 6.07) is 18.2. The first kappa shape index (κ1) is 25.2. The van der Waals surface area contributed by atoms with E-state index in [4.69, 9.17) is 15.7 Å². The Morgan fingerprint density at radius 1 is 0.900 bits per heavy atom. The summed E-state index contributed by atoms with van der Waals surface area (Å²) in [6.07, 6.45) is 10.5. The van der Waals surface area contributed by atoms with Gasteiger partial charge in [0.05, 0.1) is 16.4 Å². The number of nitrogens with one attached hydrogen (secondary N) is 1. The summed E-state index contributed by atoms with van der Waals surface area (Å²) in [5.41, 5.74) is 13.0. The minimum Gasteiger partial charge on any atom is -0.383 e. The number of hydrogen-bond donors (Lipinski definition) is 2. The Balaban J connectivity index is 1.14. The van der Waals surface area contributed by atoms with Gasteiger partial charge in [0.1, 0.15) is 23.6 Å². The van der Waals surface area contributed by atoms with Crippen molar-refractivity contribution in [2.24, 2.45) is 0 Å². The number of imidazole rings is 1. The van der Waals surface area contributed by atoms with Crippen LogP contribution < -0.4 is 5.73 Å². The van der Waals surface area contributed by atoms with E-state index in [1.807, 2.05) is 0 Å². The van der Waals surface area contributed by atoms with Crippen LogP contribution in [0.3, 0.4) is 0 Å². The highest BCUT2D eigenvalue weighted by atomic mass is 15.3. The van der Waals surface area contributed by atoms with E-state index >= 15 is 0 Å². The van der Waals surface area contributed by atoms with Crippen LogP contribution in [0.5, 0.6) is 0 Å². The monoisotopic (exact) mass is 534 g/mol. The van der Waals surface area contributed by atoms with Crippen LogP contribution in [0, 0.1) is 0 Å². The van der Waals surface area contributed by atoms with Crippen LogP contribution in [0.2, 0.25) is 0 Å². The number of aryl methyl sites for hydroxylation is 2. The average Bonchev–Trinajstić information content (AvgIpc) is 3.59. The Labute approximate surface area is 235 Å². The second kappa shape index (κ2) is 10.7. The summed E-state index contributed by atoms with van der Waals surface area (Å²) in [6.45, 7) is 4.74. The van der Waals surface area contributed by atoms with Crippen LogP contribution in [0.1, 0.15) is 43.1 Å². The highest BCUT2D eigenvalue weighted by molar-refractivity contribution is 6.01. The van der Waals surface area contributed by atoms with E-state index in [1.54, 1.807) is 6.33 Å². The van der Waals surface area contributed by atoms with E-state index in [0.29, 0.717) is 17.9 Å². The number of nitrogen functional groups attached to an aromatic ring is 1. The van der Waals surface area contributed by atoms with Crippen molar-refractivity contribution in [1.82, 2.24) is 34.3 Å². The van der Waals surface area contributed by atoms with Crippen molar-refractivity contribution in [2.45, 2.75) is 50.6 Å². The lowest BCUT2D eigenvalue weighted by atomic mass is 9.89. The van der Waals surface area contributed by atoms with E-state index in [2.05, 4.69) is 86.1 Å². The number of H-pyrrole nitrogens is 1. The summed E-state index contributed by atoms with van der Waals surface area (Å²) in [5.74, 6) is 1.55. The molecule has 0 amide bonds. The van der Waals surface area contributed by atoms with Crippen molar-refractivity contribution in [3.63, 3.8) is 0 Å². The maximum absolute atomic E-state index is 6.48. The molecule has 5 aromatic rings. The van der Waals surface area contributed by atoms with Crippen LogP contribution >= 0.6 is 0 Å². The van der Waals surface area contributed by atoms with Gasteiger partial charge >= 0.3 is 0 Å². The largest absolute Gasteiger partial charge is 0.383 e. The molecule has 3 aromatic heterocycles. The third-order valence-corrected chi connectivity index (χ3v) is 9.09. The Morgan fingerprint density at radius 3 is 2.48 bits per heavy atom. The molecular formula is C32H38N8. The molecule has 1 aliphatic carbocycles. The van der Waals surface area contributed by atoms with Crippen LogP contribution in [0.25, 0.3) is 33.2 Å². The topological polar surface area (TPSA) is 91.9 Å². The van der Waals surface area contributed by atoms with Gasteiger partial charge < -0.3 is 20.2 Å². The zero-order valence-corrected chi connectivity index (χ0v) is 23.3. The smallest absolute Gasteiger partial charge is 0.146 e. The number of benzene rings is 2. The standard InChI is InChI=1S/C32H38N8/c1-38-15-17-39(18-16-38)24-9-11-25(12-10-24)40-20-26(30-31(33)34-21-35-32(30)40)23-8-13-27-28(19-23)37-29(36-27)14-7-22-5-3-2-4-6-22/h2-6,8,13,19-21,24-25H,7,9-12,14-18H2,1H3,(H,36,37)(H2,33,34,35). The molecule has 40 heavy (non-hydrogen) atoms. The number of aromatic nitrogens is 5. The molecule has 7 rings (SSSR count). The Morgan fingerprint density at radius 2 is 1.68 bits per heavy atom. The van der Waals surface area contributed by atoms with E-state index < -0.39 is 0 Å². The van der Waals surface area contributed by atoms with Gasteiger partial charge in [-0.25, -0.2) is 15.0 Å². The van der Waals surface area contributed by atoms with E-state index in [-0.39, 0.29) is 0 Å². The molecule has 0 bridgehead atoms. The molecule has 2 aliphatic rings. The molecule has 0 unspecified atom stereocenters. The molecule has 3 N–H and O–H groups in total. The lowest BCUT2D eigenvalue weighted by Gasteiger charge is -2.41. The van der Waals surface area contributed by atoms with Gasteiger partial charge in [0.25, 0.3) is 0 Å². The fraction of sp³-hybridized carbons (Fsp3) is 0.406. The van der Waals surface area contributed by atoms with Gasteiger partial charge in [0.2, 0.25) is 0 Å². The molecule has 4 heterocycles. The third kappa shape index (κ3) is 4.86.